The Morgan fingerprint density at radius 2 is 1.62 bits per heavy atom. The number of Topliss-reactive ketones (excluding diaryl/α,β-unsaturated/α-hetero) is 1. The average Bonchev–Trinajstić information content (AvgIpc) is 3.30. The van der Waals surface area contributed by atoms with Crippen LogP contribution in [0.5, 0.6) is 0 Å². The highest BCUT2D eigenvalue weighted by Gasteiger charge is 2.42. The molecule has 3 N–H and O–H groups in total. The summed E-state index contributed by atoms with van der Waals surface area (Å²) in [4.78, 5) is 18.5. The Kier molecular flexibility index (Phi) is 5.51. The molecule has 138 valence electrons. The zero-order valence-electron chi connectivity index (χ0n) is 15.5. The van der Waals surface area contributed by atoms with Crippen LogP contribution in [0.3, 0.4) is 0 Å². The highest BCUT2D eigenvalue weighted by atomic mass is 32.1. The molecule has 0 bridgehead atoms. The van der Waals surface area contributed by atoms with Gasteiger partial charge in [-0.2, -0.15) is 0 Å². The summed E-state index contributed by atoms with van der Waals surface area (Å²) < 4.78 is 0. The third kappa shape index (κ3) is 3.85. The molecule has 26 heavy (non-hydrogen) atoms. The van der Waals surface area contributed by atoms with Gasteiger partial charge in [0.2, 0.25) is 0 Å². The second-order valence-corrected chi connectivity index (χ2v) is 10.4. The van der Waals surface area contributed by atoms with Crippen molar-refractivity contribution in [1.29, 1.82) is 0 Å². The number of nitrogens with two attached hydrogens (primary N) is 1. The molecule has 0 saturated carbocycles. The number of rotatable bonds is 7. The Labute approximate surface area is 166 Å². The lowest BCUT2D eigenvalue weighted by molar-refractivity contribution is -0.125. The van der Waals surface area contributed by atoms with E-state index in [0.29, 0.717) is 6.54 Å². The van der Waals surface area contributed by atoms with Crippen molar-refractivity contribution in [2.45, 2.75) is 45.3 Å². The number of ketones is 1. The molecule has 0 aliphatic rings. The van der Waals surface area contributed by atoms with E-state index in [4.69, 9.17) is 5.73 Å². The second-order valence-electron chi connectivity index (χ2n) is 7.16. The number of hydrogen-bond donors (Lipinski definition) is 2. The second kappa shape index (κ2) is 7.37. The van der Waals surface area contributed by atoms with Gasteiger partial charge in [-0.1, -0.05) is 6.07 Å². The summed E-state index contributed by atoms with van der Waals surface area (Å²) in [5.74, 6) is 0.0561. The van der Waals surface area contributed by atoms with Gasteiger partial charge in [0.15, 0.2) is 5.78 Å². The predicted octanol–water partition coefficient (Wildman–Crippen LogP) is 5.38. The van der Waals surface area contributed by atoms with Crippen molar-refractivity contribution in [1.82, 2.24) is 5.32 Å². The van der Waals surface area contributed by atoms with E-state index in [1.807, 2.05) is 32.1 Å². The number of nitrogens with one attached hydrogen (secondary N) is 1. The van der Waals surface area contributed by atoms with Crippen LogP contribution in [0.4, 0.5) is 0 Å². The van der Waals surface area contributed by atoms with Gasteiger partial charge < -0.3 is 5.73 Å². The summed E-state index contributed by atoms with van der Waals surface area (Å²) in [7, 11) is 0. The first-order valence-corrected chi connectivity index (χ1v) is 11.0. The first-order valence-electron chi connectivity index (χ1n) is 8.48. The van der Waals surface area contributed by atoms with Gasteiger partial charge in [-0.25, -0.2) is 0 Å². The zero-order chi connectivity index (χ0) is 18.9. The molecule has 0 radical (unpaired) electrons. The fraction of sp³-hybridized carbons (Fsp3) is 0.350. The van der Waals surface area contributed by atoms with Crippen molar-refractivity contribution >= 4 is 39.8 Å². The number of thiophene rings is 3. The molecule has 3 rings (SSSR count). The molecule has 1 atom stereocenters. The quantitative estimate of drug-likeness (QED) is 0.556. The minimum Gasteiger partial charge on any atom is -0.324 e. The lowest BCUT2D eigenvalue weighted by Gasteiger charge is -2.40. The lowest BCUT2D eigenvalue weighted by Crippen LogP contribution is -2.66. The smallest absolute Gasteiger partial charge is 0.151 e. The van der Waals surface area contributed by atoms with E-state index in [-0.39, 0.29) is 5.78 Å². The van der Waals surface area contributed by atoms with E-state index in [9.17, 15) is 4.79 Å². The van der Waals surface area contributed by atoms with Crippen LogP contribution in [0.2, 0.25) is 0 Å². The van der Waals surface area contributed by atoms with Crippen molar-refractivity contribution in [3.8, 4) is 19.5 Å². The van der Waals surface area contributed by atoms with Crippen molar-refractivity contribution in [2.24, 2.45) is 5.73 Å². The molecule has 6 heteroatoms. The highest BCUT2D eigenvalue weighted by molar-refractivity contribution is 7.26. The van der Waals surface area contributed by atoms with Crippen LogP contribution in [0.25, 0.3) is 19.5 Å². The molecule has 0 saturated heterocycles. The summed E-state index contributed by atoms with van der Waals surface area (Å²) in [5.41, 5.74) is 4.85. The molecule has 0 spiro atoms. The molecule has 0 aliphatic heterocycles. The third-order valence-corrected chi connectivity index (χ3v) is 8.32. The SMILES string of the molecule is CC(=O)C(C)(NCc1ccc(-c2ccc(-c3cccs3)s2)s1)C(C)(C)N. The maximum Gasteiger partial charge on any atom is 0.151 e. The van der Waals surface area contributed by atoms with Crippen molar-refractivity contribution in [3.05, 3.63) is 46.7 Å². The van der Waals surface area contributed by atoms with E-state index in [2.05, 4.69) is 47.1 Å². The van der Waals surface area contributed by atoms with E-state index >= 15 is 0 Å². The molecule has 0 aliphatic carbocycles. The molecule has 3 heterocycles. The lowest BCUT2D eigenvalue weighted by atomic mass is 9.78. The molecular weight excluding hydrogens is 380 g/mol. The van der Waals surface area contributed by atoms with Gasteiger partial charge in [-0.15, -0.1) is 34.0 Å². The van der Waals surface area contributed by atoms with Gasteiger partial charge in [0.25, 0.3) is 0 Å². The van der Waals surface area contributed by atoms with Crippen molar-refractivity contribution in [2.75, 3.05) is 0 Å². The van der Waals surface area contributed by atoms with E-state index in [1.165, 1.54) is 24.4 Å². The van der Waals surface area contributed by atoms with Crippen LogP contribution in [-0.4, -0.2) is 16.9 Å². The summed E-state index contributed by atoms with van der Waals surface area (Å²) in [6.45, 7) is 7.89. The molecule has 1 unspecified atom stereocenters. The fourth-order valence-corrected chi connectivity index (χ4v) is 5.58. The topological polar surface area (TPSA) is 55.1 Å². The van der Waals surface area contributed by atoms with E-state index in [1.54, 1.807) is 29.6 Å². The van der Waals surface area contributed by atoms with Gasteiger partial charge in [-0.05, 0) is 63.4 Å². The van der Waals surface area contributed by atoms with Gasteiger partial charge in [-0.3, -0.25) is 10.1 Å². The van der Waals surface area contributed by atoms with Crippen LogP contribution in [0, 0.1) is 0 Å². The van der Waals surface area contributed by atoms with Crippen molar-refractivity contribution in [3.63, 3.8) is 0 Å². The largest absolute Gasteiger partial charge is 0.324 e. The van der Waals surface area contributed by atoms with Gasteiger partial charge in [0.05, 0.1) is 5.54 Å². The monoisotopic (exact) mass is 404 g/mol. The highest BCUT2D eigenvalue weighted by Crippen LogP contribution is 2.39. The molecule has 3 nitrogen and oxygen atoms in total. The Hall–Kier alpha value is -1.31. The van der Waals surface area contributed by atoms with E-state index in [0.717, 1.165) is 0 Å². The van der Waals surface area contributed by atoms with Crippen LogP contribution in [0.15, 0.2) is 41.8 Å². The first kappa shape index (κ1) is 19.5. The summed E-state index contributed by atoms with van der Waals surface area (Å²) in [6, 6.07) is 12.9. The molecule has 3 aromatic rings. The average molecular weight is 405 g/mol. The van der Waals surface area contributed by atoms with E-state index < -0.39 is 11.1 Å². The maximum atomic E-state index is 12.1. The Morgan fingerprint density at radius 3 is 2.19 bits per heavy atom. The van der Waals surface area contributed by atoms with Crippen LogP contribution < -0.4 is 11.1 Å². The van der Waals surface area contributed by atoms with Crippen molar-refractivity contribution < 1.29 is 4.79 Å². The summed E-state index contributed by atoms with van der Waals surface area (Å²) in [5, 5.41) is 5.49. The van der Waals surface area contributed by atoms with Gasteiger partial charge >= 0.3 is 0 Å². The van der Waals surface area contributed by atoms with Crippen LogP contribution >= 0.6 is 34.0 Å². The van der Waals surface area contributed by atoms with Crippen LogP contribution in [-0.2, 0) is 11.3 Å². The molecule has 0 fully saturated rings. The summed E-state index contributed by atoms with van der Waals surface area (Å²) >= 11 is 5.34. The Balaban J connectivity index is 1.73. The number of carbonyl (C=O) groups is 1. The summed E-state index contributed by atoms with van der Waals surface area (Å²) in [6.07, 6.45) is 0. The Morgan fingerprint density at radius 1 is 1.00 bits per heavy atom. The standard InChI is InChI=1S/C20H24N2OS3/c1-13(23)20(4,19(2,3)21)22-12-14-7-8-17(25-14)18-10-9-16(26-18)15-6-5-11-24-15/h5-11,22H,12,21H2,1-4H3. The minimum absolute atomic E-state index is 0.0561. The zero-order valence-corrected chi connectivity index (χ0v) is 17.9. The normalized spacial score (nSPS) is 14.3. The molecule has 0 aromatic carbocycles. The number of carbonyl (C=O) groups excluding carboxylic acids is 1. The number of hydrogen-bond acceptors (Lipinski definition) is 6. The first-order chi connectivity index (χ1) is 12.2. The molecule has 3 aromatic heterocycles. The van der Waals surface area contributed by atoms with Gasteiger partial charge in [0, 0.05) is 36.5 Å². The molecule has 0 amide bonds. The Bertz CT molecular complexity index is 886. The molecular formula is C20H24N2OS3. The van der Waals surface area contributed by atoms with Crippen LogP contribution in [0.1, 0.15) is 32.6 Å². The minimum atomic E-state index is -0.758. The predicted molar refractivity (Wildman–Crippen MR) is 115 cm³/mol. The fourth-order valence-electron chi connectivity index (χ4n) is 2.70. The third-order valence-electron chi connectivity index (χ3n) is 4.88. The van der Waals surface area contributed by atoms with Gasteiger partial charge in [0.1, 0.15) is 0 Å². The maximum absolute atomic E-state index is 12.1.